The SMILES string of the molecule is O=C(O)c1ccc(N2C(=O)c3[nH]nc(-c4ccccc4)c3[C@H]2c2ccc([N+](=O)[O-])cc2)cc1. The Hall–Kier alpha value is -4.79. The van der Waals surface area contributed by atoms with Gasteiger partial charge in [0.15, 0.2) is 0 Å². The molecule has 0 aliphatic carbocycles. The number of nitrogens with one attached hydrogen (secondary N) is 1. The van der Waals surface area contributed by atoms with E-state index < -0.39 is 16.9 Å². The number of carbonyl (C=O) groups excluding carboxylic acids is 1. The standard InChI is InChI=1S/C24H16N4O5/c29-23-21-19(20(25-26-21)14-4-2-1-3-5-14)22(15-6-12-18(13-7-15)28(32)33)27(23)17-10-8-16(9-11-17)24(30)31/h1-13,22H,(H,25,26)(H,30,31)/t22-/m1/s1. The lowest BCUT2D eigenvalue weighted by atomic mass is 9.95. The first-order chi connectivity index (χ1) is 16.0. The number of carboxylic acid groups (broad SMARTS) is 1. The third kappa shape index (κ3) is 3.32. The number of aromatic carboxylic acids is 1. The van der Waals surface area contributed by atoms with Gasteiger partial charge in [-0.3, -0.25) is 24.9 Å². The average Bonchev–Trinajstić information content (AvgIpc) is 3.39. The quantitative estimate of drug-likeness (QED) is 0.349. The van der Waals surface area contributed by atoms with Crippen molar-refractivity contribution in [2.45, 2.75) is 6.04 Å². The van der Waals surface area contributed by atoms with Gasteiger partial charge in [-0.2, -0.15) is 5.10 Å². The summed E-state index contributed by atoms with van der Waals surface area (Å²) in [6.45, 7) is 0. The first-order valence-electron chi connectivity index (χ1n) is 10.0. The molecule has 3 aromatic carbocycles. The van der Waals surface area contributed by atoms with Crippen LogP contribution in [0.2, 0.25) is 0 Å². The lowest BCUT2D eigenvalue weighted by Gasteiger charge is -2.26. The number of non-ortho nitro benzene ring substituents is 1. The van der Waals surface area contributed by atoms with Crippen LogP contribution in [0, 0.1) is 10.1 Å². The minimum atomic E-state index is -1.07. The molecule has 0 saturated carbocycles. The fraction of sp³-hybridized carbons (Fsp3) is 0.0417. The van der Waals surface area contributed by atoms with Crippen molar-refractivity contribution in [1.82, 2.24) is 10.2 Å². The van der Waals surface area contributed by atoms with Crippen molar-refractivity contribution in [3.63, 3.8) is 0 Å². The van der Waals surface area contributed by atoms with E-state index in [1.807, 2.05) is 30.3 Å². The summed E-state index contributed by atoms with van der Waals surface area (Å²) in [5.41, 5.74) is 3.59. The smallest absolute Gasteiger partial charge is 0.335 e. The number of H-pyrrole nitrogens is 1. The molecule has 0 fully saturated rings. The summed E-state index contributed by atoms with van der Waals surface area (Å²) in [5, 5.41) is 27.6. The van der Waals surface area contributed by atoms with Gasteiger partial charge < -0.3 is 5.11 Å². The maximum atomic E-state index is 13.4. The maximum absolute atomic E-state index is 13.4. The van der Waals surface area contributed by atoms with Gasteiger partial charge in [-0.15, -0.1) is 0 Å². The zero-order valence-corrected chi connectivity index (χ0v) is 17.0. The molecular formula is C24H16N4O5. The molecule has 5 rings (SSSR count). The second kappa shape index (κ2) is 7.72. The Morgan fingerprint density at radius 1 is 1.00 bits per heavy atom. The Labute approximate surface area is 187 Å². The highest BCUT2D eigenvalue weighted by Crippen LogP contribution is 2.45. The molecule has 0 unspecified atom stereocenters. The predicted octanol–water partition coefficient (Wildman–Crippen LogP) is 4.43. The van der Waals surface area contributed by atoms with E-state index in [0.29, 0.717) is 28.2 Å². The van der Waals surface area contributed by atoms with E-state index >= 15 is 0 Å². The molecule has 2 heterocycles. The molecule has 1 aliphatic rings. The highest BCUT2D eigenvalue weighted by molar-refractivity contribution is 6.11. The van der Waals surface area contributed by atoms with Gasteiger partial charge in [0.05, 0.1) is 22.2 Å². The predicted molar refractivity (Wildman–Crippen MR) is 119 cm³/mol. The average molecular weight is 440 g/mol. The summed E-state index contributed by atoms with van der Waals surface area (Å²) < 4.78 is 0. The van der Waals surface area contributed by atoms with E-state index in [0.717, 1.165) is 5.56 Å². The Morgan fingerprint density at radius 3 is 2.27 bits per heavy atom. The minimum absolute atomic E-state index is 0.0591. The molecule has 0 spiro atoms. The van der Waals surface area contributed by atoms with Crippen LogP contribution in [0.5, 0.6) is 0 Å². The van der Waals surface area contributed by atoms with E-state index in [9.17, 15) is 24.8 Å². The summed E-state index contributed by atoms with van der Waals surface area (Å²) in [7, 11) is 0. The number of carbonyl (C=O) groups is 2. The van der Waals surface area contributed by atoms with Crippen LogP contribution in [0.1, 0.15) is 38.0 Å². The molecule has 0 bridgehead atoms. The summed E-state index contributed by atoms with van der Waals surface area (Å²) in [6.07, 6.45) is 0. The van der Waals surface area contributed by atoms with Crippen LogP contribution < -0.4 is 4.90 Å². The topological polar surface area (TPSA) is 129 Å². The number of amides is 1. The number of nitrogens with zero attached hydrogens (tertiary/aromatic N) is 3. The Balaban J connectivity index is 1.68. The Bertz CT molecular complexity index is 1380. The van der Waals surface area contributed by atoms with Gasteiger partial charge in [-0.25, -0.2) is 4.79 Å². The number of nitro groups is 1. The van der Waals surface area contributed by atoms with Crippen molar-refractivity contribution in [3.8, 4) is 11.3 Å². The third-order valence-electron chi connectivity index (χ3n) is 5.63. The van der Waals surface area contributed by atoms with E-state index in [-0.39, 0.29) is 17.2 Å². The van der Waals surface area contributed by atoms with E-state index in [1.165, 1.54) is 24.3 Å². The molecule has 1 aliphatic heterocycles. The number of aromatic amines is 1. The second-order valence-electron chi connectivity index (χ2n) is 7.51. The molecule has 4 aromatic rings. The Morgan fingerprint density at radius 2 is 1.67 bits per heavy atom. The Kier molecular flexibility index (Phi) is 4.71. The number of hydrogen-bond acceptors (Lipinski definition) is 5. The van der Waals surface area contributed by atoms with E-state index in [2.05, 4.69) is 10.2 Å². The van der Waals surface area contributed by atoms with Gasteiger partial charge in [0.2, 0.25) is 0 Å². The van der Waals surface area contributed by atoms with Crippen molar-refractivity contribution in [2.75, 3.05) is 4.90 Å². The summed E-state index contributed by atoms with van der Waals surface area (Å²) in [4.78, 5) is 36.9. The number of carboxylic acids is 1. The van der Waals surface area contributed by atoms with Gasteiger partial charge in [-0.05, 0) is 42.0 Å². The molecule has 9 heteroatoms. The molecule has 0 radical (unpaired) electrons. The molecule has 9 nitrogen and oxygen atoms in total. The van der Waals surface area contributed by atoms with Crippen molar-refractivity contribution in [1.29, 1.82) is 0 Å². The van der Waals surface area contributed by atoms with Crippen molar-refractivity contribution in [2.24, 2.45) is 0 Å². The number of aromatic nitrogens is 2. The lowest BCUT2D eigenvalue weighted by Crippen LogP contribution is -2.29. The number of rotatable bonds is 5. The maximum Gasteiger partial charge on any atom is 0.335 e. The van der Waals surface area contributed by atoms with Crippen LogP contribution in [0.4, 0.5) is 11.4 Å². The van der Waals surface area contributed by atoms with E-state index in [1.54, 1.807) is 29.2 Å². The monoisotopic (exact) mass is 440 g/mol. The normalized spacial score (nSPS) is 14.8. The van der Waals surface area contributed by atoms with Crippen molar-refractivity contribution >= 4 is 23.3 Å². The van der Waals surface area contributed by atoms with Crippen LogP contribution in [0.25, 0.3) is 11.3 Å². The van der Waals surface area contributed by atoms with Crippen LogP contribution >= 0.6 is 0 Å². The van der Waals surface area contributed by atoms with Crippen LogP contribution in [-0.2, 0) is 0 Å². The van der Waals surface area contributed by atoms with Gasteiger partial charge >= 0.3 is 5.97 Å². The highest BCUT2D eigenvalue weighted by atomic mass is 16.6. The zero-order valence-electron chi connectivity index (χ0n) is 17.0. The number of hydrogen-bond donors (Lipinski definition) is 2. The molecule has 1 atom stereocenters. The number of nitro benzene ring substituents is 1. The first-order valence-corrected chi connectivity index (χ1v) is 10.0. The van der Waals surface area contributed by atoms with Crippen molar-refractivity contribution < 1.29 is 19.6 Å². The van der Waals surface area contributed by atoms with Crippen LogP contribution in [0.3, 0.4) is 0 Å². The number of benzene rings is 3. The van der Waals surface area contributed by atoms with Gasteiger partial charge in [0, 0.05) is 28.9 Å². The second-order valence-corrected chi connectivity index (χ2v) is 7.51. The third-order valence-corrected chi connectivity index (χ3v) is 5.63. The molecule has 1 amide bonds. The van der Waals surface area contributed by atoms with Crippen LogP contribution in [-0.4, -0.2) is 32.1 Å². The number of fused-ring (bicyclic) bond motifs is 1. The lowest BCUT2D eigenvalue weighted by molar-refractivity contribution is -0.384. The van der Waals surface area contributed by atoms with E-state index in [4.69, 9.17) is 0 Å². The molecule has 1 aromatic heterocycles. The molecular weight excluding hydrogens is 424 g/mol. The van der Waals surface area contributed by atoms with Crippen LogP contribution in [0.15, 0.2) is 78.9 Å². The summed E-state index contributed by atoms with van der Waals surface area (Å²) in [5.74, 6) is -1.40. The molecule has 2 N–H and O–H groups in total. The zero-order chi connectivity index (χ0) is 23.1. The molecule has 162 valence electrons. The van der Waals surface area contributed by atoms with Gasteiger partial charge in [0.1, 0.15) is 5.69 Å². The molecule has 33 heavy (non-hydrogen) atoms. The number of anilines is 1. The van der Waals surface area contributed by atoms with Gasteiger partial charge in [-0.1, -0.05) is 30.3 Å². The fourth-order valence-corrected chi connectivity index (χ4v) is 4.09. The first kappa shape index (κ1) is 20.1. The van der Waals surface area contributed by atoms with Gasteiger partial charge in [0.25, 0.3) is 11.6 Å². The fourth-order valence-electron chi connectivity index (χ4n) is 4.09. The van der Waals surface area contributed by atoms with Crippen molar-refractivity contribution in [3.05, 3.63) is 111 Å². The summed E-state index contributed by atoms with van der Waals surface area (Å²) in [6, 6.07) is 20.8. The largest absolute Gasteiger partial charge is 0.478 e. The molecule has 0 saturated heterocycles. The summed E-state index contributed by atoms with van der Waals surface area (Å²) >= 11 is 0. The minimum Gasteiger partial charge on any atom is -0.478 e. The highest BCUT2D eigenvalue weighted by Gasteiger charge is 2.43.